The van der Waals surface area contributed by atoms with E-state index in [-0.39, 0.29) is 24.4 Å². The van der Waals surface area contributed by atoms with E-state index >= 15 is 0 Å². The molecule has 0 aliphatic carbocycles. The molecule has 25 heavy (non-hydrogen) atoms. The smallest absolute Gasteiger partial charge is 0.274 e. The van der Waals surface area contributed by atoms with Crippen LogP contribution in [0.25, 0.3) is 0 Å². The molecule has 1 N–H and O–H groups in total. The van der Waals surface area contributed by atoms with Crippen molar-refractivity contribution in [2.45, 2.75) is 44.7 Å². The fourth-order valence-electron chi connectivity index (χ4n) is 3.80. The van der Waals surface area contributed by atoms with Crippen LogP contribution in [-0.2, 0) is 0 Å². The highest BCUT2D eigenvalue weighted by Gasteiger charge is 2.33. The molecule has 4 rings (SSSR count). The van der Waals surface area contributed by atoms with Gasteiger partial charge in [0.05, 0.1) is 12.1 Å². The number of piperidine rings is 1. The van der Waals surface area contributed by atoms with Crippen LogP contribution in [0.5, 0.6) is 0 Å². The average Bonchev–Trinajstić information content (AvgIpc) is 3.35. The van der Waals surface area contributed by atoms with Crippen molar-refractivity contribution in [1.29, 1.82) is 0 Å². The third kappa shape index (κ3) is 3.60. The first-order valence-corrected chi connectivity index (χ1v) is 8.85. The minimum absolute atomic E-state index is 0. The van der Waals surface area contributed by atoms with Crippen LogP contribution in [0.15, 0.2) is 28.8 Å². The van der Waals surface area contributed by atoms with Crippen molar-refractivity contribution in [2.24, 2.45) is 0 Å². The van der Waals surface area contributed by atoms with E-state index in [4.69, 9.17) is 4.42 Å². The molecule has 0 aromatic carbocycles. The van der Waals surface area contributed by atoms with Gasteiger partial charge in [-0.2, -0.15) is 5.10 Å². The Balaban J connectivity index is 0.00000182. The summed E-state index contributed by atoms with van der Waals surface area (Å²) >= 11 is 0. The first kappa shape index (κ1) is 18.0. The van der Waals surface area contributed by atoms with Crippen molar-refractivity contribution in [1.82, 2.24) is 20.0 Å². The molecule has 1 amide bonds. The molecule has 0 radical (unpaired) electrons. The number of rotatable bonds is 3. The Morgan fingerprint density at radius 3 is 2.88 bits per heavy atom. The maximum Gasteiger partial charge on any atom is 0.274 e. The molecule has 2 saturated heterocycles. The Bertz CT molecular complexity index is 720. The Kier molecular flexibility index (Phi) is 5.49. The van der Waals surface area contributed by atoms with Gasteiger partial charge in [-0.15, -0.1) is 12.4 Å². The van der Waals surface area contributed by atoms with E-state index in [1.165, 1.54) is 0 Å². The minimum Gasteiger partial charge on any atom is -0.464 e. The lowest BCUT2D eigenvalue weighted by Crippen LogP contribution is -2.33. The fourth-order valence-corrected chi connectivity index (χ4v) is 3.80. The largest absolute Gasteiger partial charge is 0.464 e. The minimum atomic E-state index is 0. The molecule has 136 valence electrons. The van der Waals surface area contributed by atoms with E-state index in [1.807, 2.05) is 40.9 Å². The van der Waals surface area contributed by atoms with Crippen molar-refractivity contribution < 1.29 is 9.21 Å². The highest BCUT2D eigenvalue weighted by atomic mass is 35.5. The third-order valence-electron chi connectivity index (χ3n) is 5.08. The van der Waals surface area contributed by atoms with Gasteiger partial charge < -0.3 is 14.6 Å². The number of furan rings is 1. The van der Waals surface area contributed by atoms with Gasteiger partial charge >= 0.3 is 0 Å². The molecule has 7 heteroatoms. The van der Waals surface area contributed by atoms with Gasteiger partial charge in [0.25, 0.3) is 5.91 Å². The van der Waals surface area contributed by atoms with Crippen LogP contribution in [-0.4, -0.2) is 40.2 Å². The van der Waals surface area contributed by atoms with Gasteiger partial charge in [-0.1, -0.05) is 0 Å². The second-order valence-corrected chi connectivity index (χ2v) is 6.79. The summed E-state index contributed by atoms with van der Waals surface area (Å²) in [6.07, 6.45) is 6.16. The van der Waals surface area contributed by atoms with E-state index in [2.05, 4.69) is 10.4 Å². The summed E-state index contributed by atoms with van der Waals surface area (Å²) in [4.78, 5) is 14.8. The van der Waals surface area contributed by atoms with Gasteiger partial charge in [0.1, 0.15) is 17.2 Å². The number of hydrogen-bond acceptors (Lipinski definition) is 4. The fraction of sp³-hybridized carbons (Fsp3) is 0.556. The first-order valence-electron chi connectivity index (χ1n) is 8.85. The monoisotopic (exact) mass is 364 g/mol. The molecule has 2 fully saturated rings. The van der Waals surface area contributed by atoms with Crippen molar-refractivity contribution in [2.75, 3.05) is 19.6 Å². The zero-order chi connectivity index (χ0) is 16.5. The molecule has 2 aliphatic heterocycles. The molecule has 6 nitrogen and oxygen atoms in total. The lowest BCUT2D eigenvalue weighted by molar-refractivity contribution is 0.0711. The van der Waals surface area contributed by atoms with Crippen LogP contribution in [0.3, 0.4) is 0 Å². The molecule has 0 spiro atoms. The summed E-state index contributed by atoms with van der Waals surface area (Å²) < 4.78 is 7.70. The number of nitrogens with one attached hydrogen (secondary N) is 1. The maximum atomic E-state index is 12.9. The topological polar surface area (TPSA) is 63.3 Å². The van der Waals surface area contributed by atoms with E-state index in [0.29, 0.717) is 11.7 Å². The van der Waals surface area contributed by atoms with E-state index in [1.54, 1.807) is 0 Å². The lowest BCUT2D eigenvalue weighted by Gasteiger charge is -2.24. The van der Waals surface area contributed by atoms with Crippen LogP contribution in [0, 0.1) is 6.92 Å². The molecule has 0 bridgehead atoms. The van der Waals surface area contributed by atoms with Crippen LogP contribution >= 0.6 is 12.4 Å². The first-order chi connectivity index (χ1) is 11.7. The van der Waals surface area contributed by atoms with E-state index < -0.39 is 0 Å². The SMILES string of the molecule is Cc1ccc(C2CCCN2C(=O)c2ccn(C3CCCNC3)n2)o1.Cl. The normalized spacial score (nSPS) is 23.5. The number of carbonyl (C=O) groups is 1. The highest BCUT2D eigenvalue weighted by Crippen LogP contribution is 2.34. The Hall–Kier alpha value is -1.79. The van der Waals surface area contributed by atoms with Gasteiger partial charge in [-0.25, -0.2) is 0 Å². The standard InChI is InChI=1S/C18H24N4O2.ClH/c1-13-6-7-17(24-13)16-5-3-10-21(16)18(23)15-8-11-22(20-15)14-4-2-9-19-12-14;/h6-8,11,14,16,19H,2-5,9-10,12H2,1H3;1H. The average molecular weight is 365 g/mol. The van der Waals surface area contributed by atoms with E-state index in [0.717, 1.165) is 56.8 Å². The summed E-state index contributed by atoms with van der Waals surface area (Å²) in [6, 6.07) is 6.17. The highest BCUT2D eigenvalue weighted by molar-refractivity contribution is 5.92. The molecule has 4 heterocycles. The Labute approximate surface area is 154 Å². The number of hydrogen-bond donors (Lipinski definition) is 1. The van der Waals surface area contributed by atoms with Gasteiger partial charge in [0.2, 0.25) is 0 Å². The lowest BCUT2D eigenvalue weighted by atomic mass is 10.1. The number of aromatic nitrogens is 2. The molecular weight excluding hydrogens is 340 g/mol. The summed E-state index contributed by atoms with van der Waals surface area (Å²) in [5.74, 6) is 1.78. The third-order valence-corrected chi connectivity index (χ3v) is 5.08. The van der Waals surface area contributed by atoms with Crippen LogP contribution in [0.2, 0.25) is 0 Å². The van der Waals surface area contributed by atoms with Crippen LogP contribution in [0.1, 0.15) is 59.8 Å². The van der Waals surface area contributed by atoms with Gasteiger partial charge in [0, 0.05) is 19.3 Å². The maximum absolute atomic E-state index is 12.9. The predicted molar refractivity (Wildman–Crippen MR) is 97.1 cm³/mol. The Morgan fingerprint density at radius 1 is 1.28 bits per heavy atom. The summed E-state index contributed by atoms with van der Waals surface area (Å²) in [5.41, 5.74) is 0.538. The molecule has 2 aromatic heterocycles. The van der Waals surface area contributed by atoms with Crippen molar-refractivity contribution in [3.8, 4) is 0 Å². The molecule has 2 aliphatic rings. The van der Waals surface area contributed by atoms with Crippen molar-refractivity contribution in [3.05, 3.63) is 41.6 Å². The number of amides is 1. The Morgan fingerprint density at radius 2 is 2.16 bits per heavy atom. The molecule has 0 saturated carbocycles. The molecule has 2 atom stereocenters. The number of aryl methyl sites for hydroxylation is 1. The van der Waals surface area contributed by atoms with Crippen LogP contribution in [0.4, 0.5) is 0 Å². The zero-order valence-electron chi connectivity index (χ0n) is 14.5. The van der Waals surface area contributed by atoms with Crippen molar-refractivity contribution >= 4 is 18.3 Å². The number of nitrogens with zero attached hydrogens (tertiary/aromatic N) is 3. The molecule has 2 aromatic rings. The molecular formula is C18H25ClN4O2. The summed E-state index contributed by atoms with van der Waals surface area (Å²) in [7, 11) is 0. The second-order valence-electron chi connectivity index (χ2n) is 6.79. The van der Waals surface area contributed by atoms with Crippen molar-refractivity contribution in [3.63, 3.8) is 0 Å². The van der Waals surface area contributed by atoms with E-state index in [9.17, 15) is 4.79 Å². The van der Waals surface area contributed by atoms with Crippen LogP contribution < -0.4 is 5.32 Å². The second kappa shape index (κ2) is 7.62. The number of halogens is 1. The molecule has 2 unspecified atom stereocenters. The number of likely N-dealkylation sites (tertiary alicyclic amines) is 1. The summed E-state index contributed by atoms with van der Waals surface area (Å²) in [5, 5.41) is 7.96. The predicted octanol–water partition coefficient (Wildman–Crippen LogP) is 3.11. The zero-order valence-corrected chi connectivity index (χ0v) is 15.3. The van der Waals surface area contributed by atoms with Gasteiger partial charge in [0.15, 0.2) is 0 Å². The number of carbonyl (C=O) groups excluding carboxylic acids is 1. The van der Waals surface area contributed by atoms with Gasteiger partial charge in [-0.3, -0.25) is 9.48 Å². The van der Waals surface area contributed by atoms with Gasteiger partial charge in [-0.05, 0) is 57.4 Å². The quantitative estimate of drug-likeness (QED) is 0.908. The summed E-state index contributed by atoms with van der Waals surface area (Å²) in [6.45, 7) is 4.69.